The quantitative estimate of drug-likeness (QED) is 0.563. The third-order valence-electron chi connectivity index (χ3n) is 5.13. The summed E-state index contributed by atoms with van der Waals surface area (Å²) in [6, 6.07) is 13.9. The van der Waals surface area contributed by atoms with Gasteiger partial charge < -0.3 is 14.4 Å². The fourth-order valence-corrected chi connectivity index (χ4v) is 4.80. The highest BCUT2D eigenvalue weighted by atomic mass is 32.2. The maximum atomic E-state index is 13.2. The van der Waals surface area contributed by atoms with E-state index in [1.165, 1.54) is 24.8 Å². The van der Waals surface area contributed by atoms with E-state index in [4.69, 9.17) is 9.47 Å². The lowest BCUT2D eigenvalue weighted by atomic mass is 10.0. The van der Waals surface area contributed by atoms with Crippen molar-refractivity contribution in [2.75, 3.05) is 26.5 Å². The van der Waals surface area contributed by atoms with E-state index in [-0.39, 0.29) is 11.3 Å². The fraction of sp³-hybridized carbons (Fsp3) is 0.435. The van der Waals surface area contributed by atoms with Crippen LogP contribution in [0.1, 0.15) is 53.0 Å². The Kier molecular flexibility index (Phi) is 7.26. The number of ether oxygens (including phenoxy) is 2. The van der Waals surface area contributed by atoms with Crippen LogP contribution in [0.4, 0.5) is 0 Å². The standard InChI is InChI=1S/C23H29NO3S/c1-4-5-6-7-17-8-10-18(11-9-17)22(25)24-14-15-28-23(24)20-13-12-19(26-2)16-21(20)27-3/h8-13,16,23H,4-7,14-15H2,1-3H3. The topological polar surface area (TPSA) is 38.8 Å². The number of aryl methyl sites for hydroxylation is 1. The Bertz CT molecular complexity index is 791. The van der Waals surface area contributed by atoms with E-state index in [0.29, 0.717) is 0 Å². The summed E-state index contributed by atoms with van der Waals surface area (Å²) in [4.78, 5) is 15.1. The van der Waals surface area contributed by atoms with E-state index < -0.39 is 0 Å². The van der Waals surface area contributed by atoms with E-state index in [9.17, 15) is 4.79 Å². The Labute approximate surface area is 172 Å². The zero-order valence-electron chi connectivity index (χ0n) is 16.9. The molecule has 0 bridgehead atoms. The van der Waals surface area contributed by atoms with Gasteiger partial charge in [-0.25, -0.2) is 0 Å². The summed E-state index contributed by atoms with van der Waals surface area (Å²) < 4.78 is 10.9. The molecule has 2 aromatic rings. The Balaban J connectivity index is 1.76. The zero-order chi connectivity index (χ0) is 19.9. The van der Waals surface area contributed by atoms with Gasteiger partial charge in [0.25, 0.3) is 5.91 Å². The molecule has 4 nitrogen and oxygen atoms in total. The molecule has 0 aliphatic carbocycles. The average Bonchev–Trinajstić information content (AvgIpc) is 3.23. The second-order valence-corrected chi connectivity index (χ2v) is 8.17. The van der Waals surface area contributed by atoms with Crippen molar-refractivity contribution >= 4 is 17.7 Å². The number of hydrogen-bond donors (Lipinski definition) is 0. The first-order valence-electron chi connectivity index (χ1n) is 9.91. The van der Waals surface area contributed by atoms with Crippen LogP contribution in [0.3, 0.4) is 0 Å². The van der Waals surface area contributed by atoms with Gasteiger partial charge in [0, 0.05) is 29.5 Å². The number of hydrogen-bond acceptors (Lipinski definition) is 4. The van der Waals surface area contributed by atoms with Crippen molar-refractivity contribution in [2.24, 2.45) is 0 Å². The summed E-state index contributed by atoms with van der Waals surface area (Å²) in [5.41, 5.74) is 3.06. The minimum atomic E-state index is -0.0439. The number of thioether (sulfide) groups is 1. The van der Waals surface area contributed by atoms with E-state index in [2.05, 4.69) is 19.1 Å². The Morgan fingerprint density at radius 1 is 1.11 bits per heavy atom. The predicted molar refractivity (Wildman–Crippen MR) is 115 cm³/mol. The first-order chi connectivity index (χ1) is 13.7. The first kappa shape index (κ1) is 20.6. The number of amides is 1. The minimum absolute atomic E-state index is 0.0439. The van der Waals surface area contributed by atoms with Crippen LogP contribution < -0.4 is 9.47 Å². The molecule has 1 unspecified atom stereocenters. The number of nitrogens with zero attached hydrogens (tertiary/aromatic N) is 1. The molecule has 1 fully saturated rings. The second kappa shape index (κ2) is 9.87. The van der Waals surface area contributed by atoms with Crippen LogP contribution in [-0.2, 0) is 6.42 Å². The largest absolute Gasteiger partial charge is 0.497 e. The van der Waals surface area contributed by atoms with Gasteiger partial charge in [-0.3, -0.25) is 4.79 Å². The van der Waals surface area contributed by atoms with Gasteiger partial charge in [-0.05, 0) is 42.7 Å². The van der Waals surface area contributed by atoms with Gasteiger partial charge in [0.15, 0.2) is 0 Å². The molecular formula is C23H29NO3S. The molecule has 1 aliphatic heterocycles. The van der Waals surface area contributed by atoms with Crippen LogP contribution in [0.2, 0.25) is 0 Å². The molecule has 1 aliphatic rings. The summed E-state index contributed by atoms with van der Waals surface area (Å²) in [6.45, 7) is 2.95. The summed E-state index contributed by atoms with van der Waals surface area (Å²) >= 11 is 1.77. The number of rotatable bonds is 8. The van der Waals surface area contributed by atoms with Gasteiger partial charge in [0.05, 0.1) is 14.2 Å². The molecule has 0 saturated carbocycles. The third-order valence-corrected chi connectivity index (χ3v) is 6.37. The van der Waals surface area contributed by atoms with Crippen molar-refractivity contribution in [3.05, 3.63) is 59.2 Å². The molecule has 5 heteroatoms. The number of carbonyl (C=O) groups is 1. The van der Waals surface area contributed by atoms with E-state index in [1.807, 2.05) is 35.2 Å². The van der Waals surface area contributed by atoms with Gasteiger partial charge in [-0.15, -0.1) is 11.8 Å². The maximum Gasteiger partial charge on any atom is 0.255 e. The minimum Gasteiger partial charge on any atom is -0.497 e. The van der Waals surface area contributed by atoms with Crippen LogP contribution in [-0.4, -0.2) is 37.3 Å². The normalized spacial score (nSPS) is 16.2. The van der Waals surface area contributed by atoms with Gasteiger partial charge in [0.2, 0.25) is 0 Å². The molecule has 2 aromatic carbocycles. The lowest BCUT2D eigenvalue weighted by Gasteiger charge is -2.26. The molecule has 1 atom stereocenters. The smallest absolute Gasteiger partial charge is 0.255 e. The lowest BCUT2D eigenvalue weighted by molar-refractivity contribution is 0.0759. The molecule has 150 valence electrons. The molecule has 0 N–H and O–H groups in total. The molecular weight excluding hydrogens is 370 g/mol. The van der Waals surface area contributed by atoms with Crippen LogP contribution in [0.5, 0.6) is 11.5 Å². The summed E-state index contributed by atoms with van der Waals surface area (Å²) in [5, 5.41) is -0.0439. The summed E-state index contributed by atoms with van der Waals surface area (Å²) in [7, 11) is 3.29. The first-order valence-corrected chi connectivity index (χ1v) is 11.0. The van der Waals surface area contributed by atoms with Crippen molar-refractivity contribution in [3.63, 3.8) is 0 Å². The SMILES string of the molecule is CCCCCc1ccc(C(=O)N2CCSC2c2ccc(OC)cc2OC)cc1. The Morgan fingerprint density at radius 3 is 2.57 bits per heavy atom. The van der Waals surface area contributed by atoms with Crippen LogP contribution in [0.15, 0.2) is 42.5 Å². The van der Waals surface area contributed by atoms with Crippen molar-refractivity contribution in [3.8, 4) is 11.5 Å². The molecule has 1 saturated heterocycles. The summed E-state index contributed by atoms with van der Waals surface area (Å²) in [5.74, 6) is 2.50. The Hall–Kier alpha value is -2.14. The Morgan fingerprint density at radius 2 is 1.89 bits per heavy atom. The highest BCUT2D eigenvalue weighted by Gasteiger charge is 2.33. The number of methoxy groups -OCH3 is 2. The zero-order valence-corrected chi connectivity index (χ0v) is 17.8. The van der Waals surface area contributed by atoms with Crippen molar-refractivity contribution < 1.29 is 14.3 Å². The molecule has 1 amide bonds. The number of unbranched alkanes of at least 4 members (excludes halogenated alkanes) is 2. The highest BCUT2D eigenvalue weighted by molar-refractivity contribution is 7.99. The van der Waals surface area contributed by atoms with Crippen molar-refractivity contribution in [1.82, 2.24) is 4.90 Å². The van der Waals surface area contributed by atoms with E-state index >= 15 is 0 Å². The van der Waals surface area contributed by atoms with Crippen molar-refractivity contribution in [1.29, 1.82) is 0 Å². The van der Waals surface area contributed by atoms with Crippen LogP contribution >= 0.6 is 11.8 Å². The molecule has 28 heavy (non-hydrogen) atoms. The lowest BCUT2D eigenvalue weighted by Crippen LogP contribution is -2.30. The number of benzene rings is 2. The average molecular weight is 400 g/mol. The summed E-state index contributed by atoms with van der Waals surface area (Å²) in [6.07, 6.45) is 4.75. The van der Waals surface area contributed by atoms with Crippen LogP contribution in [0, 0.1) is 0 Å². The monoisotopic (exact) mass is 399 g/mol. The molecule has 0 spiro atoms. The predicted octanol–water partition coefficient (Wildman–Crippen LogP) is 5.32. The molecule has 0 radical (unpaired) electrons. The van der Waals surface area contributed by atoms with Crippen LogP contribution in [0.25, 0.3) is 0 Å². The van der Waals surface area contributed by atoms with E-state index in [1.54, 1.807) is 26.0 Å². The third kappa shape index (κ3) is 4.64. The number of carbonyl (C=O) groups excluding carboxylic acids is 1. The highest BCUT2D eigenvalue weighted by Crippen LogP contribution is 2.43. The fourth-order valence-electron chi connectivity index (χ4n) is 3.52. The van der Waals surface area contributed by atoms with Gasteiger partial charge in [0.1, 0.15) is 16.9 Å². The molecule has 1 heterocycles. The van der Waals surface area contributed by atoms with E-state index in [0.717, 1.165) is 41.3 Å². The second-order valence-electron chi connectivity index (χ2n) is 6.98. The molecule has 3 rings (SSSR count). The van der Waals surface area contributed by atoms with Gasteiger partial charge in [-0.2, -0.15) is 0 Å². The maximum absolute atomic E-state index is 13.2. The van der Waals surface area contributed by atoms with Gasteiger partial charge >= 0.3 is 0 Å². The van der Waals surface area contributed by atoms with Gasteiger partial charge in [-0.1, -0.05) is 31.9 Å². The van der Waals surface area contributed by atoms with Crippen molar-refractivity contribution in [2.45, 2.75) is 38.0 Å². The molecule has 0 aromatic heterocycles.